The number of ether oxygens (including phenoxy) is 3. The van der Waals surface area contributed by atoms with E-state index in [1.54, 1.807) is 7.11 Å². The number of benzene rings is 2. The summed E-state index contributed by atoms with van der Waals surface area (Å²) in [6.45, 7) is 5.69. The van der Waals surface area contributed by atoms with Gasteiger partial charge in [-0.05, 0) is 43.0 Å². The average molecular weight is 443 g/mol. The van der Waals surface area contributed by atoms with E-state index in [0.29, 0.717) is 13.2 Å². The summed E-state index contributed by atoms with van der Waals surface area (Å²) in [5, 5.41) is 0. The fourth-order valence-electron chi connectivity index (χ4n) is 3.32. The van der Waals surface area contributed by atoms with Crippen LogP contribution in [0.1, 0.15) is 19.8 Å². The van der Waals surface area contributed by atoms with Gasteiger partial charge < -0.3 is 24.8 Å². The largest absolute Gasteiger partial charge is 0.495 e. The first-order chi connectivity index (χ1) is 13.2. The van der Waals surface area contributed by atoms with E-state index in [9.17, 15) is 0 Å². The van der Waals surface area contributed by atoms with Crippen LogP contribution in [0.4, 0.5) is 5.69 Å². The molecule has 2 N–H and O–H groups in total. The zero-order valence-electron chi connectivity index (χ0n) is 17.1. The van der Waals surface area contributed by atoms with Crippen LogP contribution >= 0.6 is 24.8 Å². The van der Waals surface area contributed by atoms with Crippen molar-refractivity contribution in [3.8, 4) is 17.2 Å². The first-order valence-electron chi connectivity index (χ1n) is 9.67. The Kier molecular flexibility index (Phi) is 11.0. The third-order valence-electron chi connectivity index (χ3n) is 5.04. The highest BCUT2D eigenvalue weighted by atomic mass is 35.5. The molecule has 0 aromatic heterocycles. The standard InChI is InChI=1S/C13H19NO.C9H11NO2.2ClH/c1-11-7-9-14(10-8-11)12-5-3-4-6-13(12)15-2;10-5-7-6-11-8-3-1-2-4-9(8)12-7;;/h3-6,11H,7-10H2,1-2H3;1-4,7H,5-6,10H2;2*1H. The van der Waals surface area contributed by atoms with Crippen molar-refractivity contribution >= 4 is 30.5 Å². The monoisotopic (exact) mass is 442 g/mol. The van der Waals surface area contributed by atoms with Crippen molar-refractivity contribution in [1.82, 2.24) is 0 Å². The van der Waals surface area contributed by atoms with Gasteiger partial charge in [-0.1, -0.05) is 31.2 Å². The predicted octanol–water partition coefficient (Wildman–Crippen LogP) is 4.56. The number of anilines is 1. The third-order valence-corrected chi connectivity index (χ3v) is 5.04. The number of nitrogens with two attached hydrogens (primary N) is 1. The van der Waals surface area contributed by atoms with Crippen LogP contribution in [-0.4, -0.2) is 39.5 Å². The van der Waals surface area contributed by atoms with Crippen LogP contribution in [0.15, 0.2) is 48.5 Å². The number of hydrogen-bond donors (Lipinski definition) is 1. The summed E-state index contributed by atoms with van der Waals surface area (Å²) >= 11 is 0. The van der Waals surface area contributed by atoms with Crippen LogP contribution in [-0.2, 0) is 0 Å². The molecule has 1 fully saturated rings. The summed E-state index contributed by atoms with van der Waals surface area (Å²) in [6.07, 6.45) is 2.58. The van der Waals surface area contributed by atoms with E-state index in [4.69, 9.17) is 19.9 Å². The highest BCUT2D eigenvalue weighted by Gasteiger charge is 2.19. The van der Waals surface area contributed by atoms with Crippen molar-refractivity contribution in [1.29, 1.82) is 0 Å². The molecule has 162 valence electrons. The van der Waals surface area contributed by atoms with Crippen molar-refractivity contribution in [2.24, 2.45) is 11.7 Å². The smallest absolute Gasteiger partial charge is 0.161 e. The van der Waals surface area contributed by atoms with Gasteiger partial charge in [0.2, 0.25) is 0 Å². The second-order valence-electron chi connectivity index (χ2n) is 7.07. The molecule has 0 spiro atoms. The molecule has 0 aliphatic carbocycles. The number of para-hydroxylation sites is 4. The number of rotatable bonds is 3. The lowest BCUT2D eigenvalue weighted by Gasteiger charge is -2.32. The summed E-state index contributed by atoms with van der Waals surface area (Å²) in [6, 6.07) is 15.9. The van der Waals surface area contributed by atoms with E-state index in [2.05, 4.69) is 24.0 Å². The molecule has 2 heterocycles. The quantitative estimate of drug-likeness (QED) is 0.754. The summed E-state index contributed by atoms with van der Waals surface area (Å²) in [4.78, 5) is 2.43. The lowest BCUT2D eigenvalue weighted by Crippen LogP contribution is -2.35. The van der Waals surface area contributed by atoms with Gasteiger partial charge in [0.25, 0.3) is 0 Å². The first-order valence-corrected chi connectivity index (χ1v) is 9.67. The van der Waals surface area contributed by atoms with Gasteiger partial charge in [-0.25, -0.2) is 0 Å². The zero-order valence-corrected chi connectivity index (χ0v) is 18.7. The number of nitrogens with zero attached hydrogens (tertiary/aromatic N) is 1. The van der Waals surface area contributed by atoms with E-state index >= 15 is 0 Å². The number of piperidine rings is 1. The summed E-state index contributed by atoms with van der Waals surface area (Å²) < 4.78 is 16.3. The molecule has 7 heteroatoms. The van der Waals surface area contributed by atoms with Gasteiger partial charge in [0.1, 0.15) is 18.5 Å². The second-order valence-corrected chi connectivity index (χ2v) is 7.07. The maximum Gasteiger partial charge on any atom is 0.161 e. The number of hydrogen-bond acceptors (Lipinski definition) is 5. The molecule has 2 aliphatic rings. The molecule has 0 bridgehead atoms. The van der Waals surface area contributed by atoms with E-state index < -0.39 is 0 Å². The van der Waals surface area contributed by atoms with Gasteiger partial charge in [0, 0.05) is 19.6 Å². The molecule has 1 atom stereocenters. The molecular weight excluding hydrogens is 411 g/mol. The maximum atomic E-state index is 5.53. The average Bonchev–Trinajstić information content (AvgIpc) is 2.74. The Morgan fingerprint density at radius 1 is 1.00 bits per heavy atom. The van der Waals surface area contributed by atoms with Gasteiger partial charge in [0.05, 0.1) is 12.8 Å². The van der Waals surface area contributed by atoms with E-state index in [1.165, 1.54) is 18.5 Å². The maximum absolute atomic E-state index is 5.53. The van der Waals surface area contributed by atoms with Crippen molar-refractivity contribution in [2.45, 2.75) is 25.9 Å². The normalized spacial score (nSPS) is 17.8. The zero-order chi connectivity index (χ0) is 19.1. The van der Waals surface area contributed by atoms with Crippen LogP contribution in [0.2, 0.25) is 0 Å². The van der Waals surface area contributed by atoms with E-state index in [0.717, 1.165) is 36.3 Å². The fourth-order valence-corrected chi connectivity index (χ4v) is 3.32. The molecule has 0 amide bonds. The minimum atomic E-state index is -0.0000926. The van der Waals surface area contributed by atoms with Gasteiger partial charge in [-0.2, -0.15) is 0 Å². The number of fused-ring (bicyclic) bond motifs is 1. The minimum absolute atomic E-state index is 0. The van der Waals surface area contributed by atoms with Crippen molar-refractivity contribution in [3.63, 3.8) is 0 Å². The van der Waals surface area contributed by atoms with Crippen LogP contribution in [0.25, 0.3) is 0 Å². The van der Waals surface area contributed by atoms with Gasteiger partial charge in [-0.3, -0.25) is 0 Å². The van der Waals surface area contributed by atoms with Crippen LogP contribution in [0.3, 0.4) is 0 Å². The molecule has 4 rings (SSSR count). The molecule has 0 saturated carbocycles. The molecule has 5 nitrogen and oxygen atoms in total. The predicted molar refractivity (Wildman–Crippen MR) is 124 cm³/mol. The Morgan fingerprint density at radius 3 is 2.28 bits per heavy atom. The minimum Gasteiger partial charge on any atom is -0.495 e. The third kappa shape index (κ3) is 6.88. The summed E-state index contributed by atoms with van der Waals surface area (Å²) in [5.41, 5.74) is 6.70. The number of halogens is 2. The van der Waals surface area contributed by atoms with Gasteiger partial charge in [0.15, 0.2) is 11.5 Å². The van der Waals surface area contributed by atoms with Crippen molar-refractivity contribution in [2.75, 3.05) is 38.3 Å². The summed E-state index contributed by atoms with van der Waals surface area (Å²) in [5.74, 6) is 3.46. The van der Waals surface area contributed by atoms with Crippen LogP contribution < -0.4 is 24.8 Å². The Bertz CT molecular complexity index is 725. The molecule has 2 aliphatic heterocycles. The Morgan fingerprint density at radius 2 is 1.62 bits per heavy atom. The van der Waals surface area contributed by atoms with Crippen LogP contribution in [0, 0.1) is 5.92 Å². The highest BCUT2D eigenvalue weighted by molar-refractivity contribution is 5.85. The SMILES string of the molecule is COc1ccccc1N1CCC(C)CC1.Cl.Cl.NCC1COc2ccccc2O1. The number of methoxy groups -OCH3 is 1. The Labute approximate surface area is 186 Å². The second kappa shape index (κ2) is 12.7. The van der Waals surface area contributed by atoms with Gasteiger partial charge >= 0.3 is 0 Å². The highest BCUT2D eigenvalue weighted by Crippen LogP contribution is 2.31. The topological polar surface area (TPSA) is 57.0 Å². The molecular formula is C22H32Cl2N2O3. The first kappa shape index (κ1) is 25.2. The van der Waals surface area contributed by atoms with E-state index in [1.807, 2.05) is 36.4 Å². The molecule has 29 heavy (non-hydrogen) atoms. The Hall–Kier alpha value is -1.82. The molecule has 2 aromatic rings. The Balaban J connectivity index is 0.000000277. The lowest BCUT2D eigenvalue weighted by atomic mass is 9.99. The van der Waals surface area contributed by atoms with E-state index in [-0.39, 0.29) is 30.9 Å². The fraction of sp³-hybridized carbons (Fsp3) is 0.455. The lowest BCUT2D eigenvalue weighted by molar-refractivity contribution is 0.0969. The molecule has 2 aromatic carbocycles. The van der Waals surface area contributed by atoms with Crippen molar-refractivity contribution in [3.05, 3.63) is 48.5 Å². The van der Waals surface area contributed by atoms with Crippen LogP contribution in [0.5, 0.6) is 17.2 Å². The molecule has 1 saturated heterocycles. The molecule has 0 radical (unpaired) electrons. The molecule has 1 unspecified atom stereocenters. The van der Waals surface area contributed by atoms with Crippen molar-refractivity contribution < 1.29 is 14.2 Å². The van der Waals surface area contributed by atoms with Gasteiger partial charge in [-0.15, -0.1) is 24.8 Å². The summed E-state index contributed by atoms with van der Waals surface area (Å²) in [7, 11) is 1.74.